The van der Waals surface area contributed by atoms with Crippen molar-refractivity contribution in [1.29, 1.82) is 0 Å². The lowest BCUT2D eigenvalue weighted by Gasteiger charge is -2.24. The van der Waals surface area contributed by atoms with Crippen molar-refractivity contribution in [3.8, 4) is 16.9 Å². The Hall–Kier alpha value is -3.78. The first-order valence-electron chi connectivity index (χ1n) is 11.4. The van der Waals surface area contributed by atoms with Crippen molar-refractivity contribution in [2.75, 3.05) is 5.32 Å². The van der Waals surface area contributed by atoms with Crippen LogP contribution in [0.3, 0.4) is 0 Å². The third-order valence-corrected chi connectivity index (χ3v) is 7.61. The number of nitrogens with zero attached hydrogens (tertiary/aromatic N) is 2. The molecule has 2 unspecified atom stereocenters. The molecule has 7 nitrogen and oxygen atoms in total. The lowest BCUT2D eigenvalue weighted by molar-refractivity contribution is -0.122. The number of carbonyl (C=O) groups excluding carboxylic acids is 2. The van der Waals surface area contributed by atoms with Crippen LogP contribution in [0.4, 0.5) is 5.69 Å². The van der Waals surface area contributed by atoms with Crippen molar-refractivity contribution in [1.82, 2.24) is 9.55 Å². The second kappa shape index (κ2) is 8.46. The Morgan fingerprint density at radius 2 is 1.89 bits per heavy atom. The number of nitrogens with one attached hydrogen (secondary N) is 1. The molecule has 1 aliphatic heterocycles. The normalized spacial score (nSPS) is 15.9. The summed E-state index contributed by atoms with van der Waals surface area (Å²) in [6.45, 7) is 9.43. The summed E-state index contributed by atoms with van der Waals surface area (Å²) in [6.07, 6.45) is 0.845. The Kier molecular flexibility index (Phi) is 5.56. The SMILES string of the molecule is Cc1ccc(-c2c(C)sc3ncn(C(C)C(=O)c4ccc5c(c4)NC(=O)C(C)O5)c(=O)c23)cc1C. The van der Waals surface area contributed by atoms with Crippen LogP contribution in [0.1, 0.15) is 46.3 Å². The molecule has 178 valence electrons. The molecule has 1 N–H and O–H groups in total. The van der Waals surface area contributed by atoms with Crippen LogP contribution in [0.25, 0.3) is 21.3 Å². The van der Waals surface area contributed by atoms with Gasteiger partial charge in [0.15, 0.2) is 11.9 Å². The molecule has 3 heterocycles. The Balaban J connectivity index is 1.56. The maximum Gasteiger partial charge on any atom is 0.265 e. The molecule has 0 radical (unpaired) electrons. The largest absolute Gasteiger partial charge is 0.479 e. The van der Waals surface area contributed by atoms with Crippen molar-refractivity contribution in [3.05, 3.63) is 74.6 Å². The highest BCUT2D eigenvalue weighted by atomic mass is 32.1. The number of carbonyl (C=O) groups is 2. The monoisotopic (exact) mass is 487 g/mol. The molecule has 0 saturated carbocycles. The molecule has 0 saturated heterocycles. The van der Waals surface area contributed by atoms with E-state index in [4.69, 9.17) is 4.74 Å². The van der Waals surface area contributed by atoms with E-state index in [-0.39, 0.29) is 17.2 Å². The summed E-state index contributed by atoms with van der Waals surface area (Å²) in [5.74, 6) is -0.0235. The molecular formula is C27H25N3O4S. The lowest BCUT2D eigenvalue weighted by Crippen LogP contribution is -2.34. The molecular weight excluding hydrogens is 462 g/mol. The predicted molar refractivity (Wildman–Crippen MR) is 138 cm³/mol. The van der Waals surface area contributed by atoms with Crippen molar-refractivity contribution < 1.29 is 14.3 Å². The number of benzene rings is 2. The molecule has 5 rings (SSSR count). The summed E-state index contributed by atoms with van der Waals surface area (Å²) >= 11 is 1.48. The molecule has 2 atom stereocenters. The summed E-state index contributed by atoms with van der Waals surface area (Å²) in [7, 11) is 0. The van der Waals surface area contributed by atoms with Gasteiger partial charge in [-0.3, -0.25) is 19.0 Å². The van der Waals surface area contributed by atoms with Gasteiger partial charge in [-0.15, -0.1) is 11.3 Å². The van der Waals surface area contributed by atoms with E-state index in [1.807, 2.05) is 26.0 Å². The van der Waals surface area contributed by atoms with Gasteiger partial charge < -0.3 is 10.1 Å². The molecule has 35 heavy (non-hydrogen) atoms. The van der Waals surface area contributed by atoms with Gasteiger partial charge in [-0.2, -0.15) is 0 Å². The van der Waals surface area contributed by atoms with Gasteiger partial charge >= 0.3 is 0 Å². The third kappa shape index (κ3) is 3.83. The number of anilines is 1. The molecule has 4 aromatic rings. The maximum atomic E-state index is 13.7. The number of ether oxygens (including phenoxy) is 1. The number of thiophene rings is 1. The van der Waals surface area contributed by atoms with E-state index in [9.17, 15) is 14.4 Å². The zero-order valence-corrected chi connectivity index (χ0v) is 20.9. The number of aromatic nitrogens is 2. The van der Waals surface area contributed by atoms with Gasteiger partial charge in [0.05, 0.1) is 23.4 Å². The molecule has 8 heteroatoms. The third-order valence-electron chi connectivity index (χ3n) is 6.60. The summed E-state index contributed by atoms with van der Waals surface area (Å²) in [6, 6.07) is 10.3. The average molecular weight is 488 g/mol. The molecule has 1 aliphatic rings. The van der Waals surface area contributed by atoms with Gasteiger partial charge in [-0.05, 0) is 69.5 Å². The van der Waals surface area contributed by atoms with E-state index >= 15 is 0 Å². The molecule has 0 fully saturated rings. The quantitative estimate of drug-likeness (QED) is 0.399. The van der Waals surface area contributed by atoms with Crippen LogP contribution >= 0.6 is 11.3 Å². The molecule has 2 aromatic heterocycles. The van der Waals surface area contributed by atoms with Crippen LogP contribution in [-0.4, -0.2) is 27.3 Å². The van der Waals surface area contributed by atoms with E-state index in [0.29, 0.717) is 27.2 Å². The predicted octanol–water partition coefficient (Wildman–Crippen LogP) is 5.21. The zero-order valence-electron chi connectivity index (χ0n) is 20.1. The second-order valence-corrected chi connectivity index (χ2v) is 10.2. The standard InChI is InChI=1S/C27H25N3O4S/c1-13-6-7-18(10-14(13)2)22-17(5)35-26-23(22)27(33)30(12-28-26)15(3)24(31)19-8-9-21-20(11-19)29-25(32)16(4)34-21/h6-12,15-16H,1-5H3,(H,29,32). The Morgan fingerprint density at radius 3 is 2.63 bits per heavy atom. The summed E-state index contributed by atoms with van der Waals surface area (Å²) in [5, 5.41) is 3.29. The zero-order chi connectivity index (χ0) is 25.0. The van der Waals surface area contributed by atoms with Crippen molar-refractivity contribution in [3.63, 3.8) is 0 Å². The van der Waals surface area contributed by atoms with Crippen LogP contribution in [0.15, 0.2) is 47.5 Å². The molecule has 0 aliphatic carbocycles. The van der Waals surface area contributed by atoms with E-state index in [1.165, 1.54) is 27.8 Å². The number of rotatable bonds is 4. The van der Waals surface area contributed by atoms with Crippen molar-refractivity contribution >= 4 is 38.9 Å². The van der Waals surface area contributed by atoms with Crippen LogP contribution in [0, 0.1) is 20.8 Å². The minimum Gasteiger partial charge on any atom is -0.479 e. The highest BCUT2D eigenvalue weighted by Gasteiger charge is 2.27. The number of fused-ring (bicyclic) bond motifs is 2. The minimum atomic E-state index is -0.788. The van der Waals surface area contributed by atoms with Crippen LogP contribution in [0.5, 0.6) is 5.75 Å². The van der Waals surface area contributed by atoms with E-state index in [2.05, 4.69) is 23.3 Å². The smallest absolute Gasteiger partial charge is 0.265 e. The first kappa shape index (κ1) is 23.0. The number of amides is 1. The van der Waals surface area contributed by atoms with Gasteiger partial charge in [0.2, 0.25) is 0 Å². The van der Waals surface area contributed by atoms with Gasteiger partial charge in [0, 0.05) is 16.0 Å². The first-order chi connectivity index (χ1) is 16.7. The van der Waals surface area contributed by atoms with Gasteiger partial charge in [0.1, 0.15) is 10.6 Å². The highest BCUT2D eigenvalue weighted by Crippen LogP contribution is 2.36. The van der Waals surface area contributed by atoms with E-state index in [0.717, 1.165) is 21.6 Å². The van der Waals surface area contributed by atoms with Gasteiger partial charge in [0.25, 0.3) is 11.5 Å². The number of ketones is 1. The number of hydrogen-bond donors (Lipinski definition) is 1. The fourth-order valence-corrected chi connectivity index (χ4v) is 5.37. The van der Waals surface area contributed by atoms with Gasteiger partial charge in [-0.1, -0.05) is 18.2 Å². The summed E-state index contributed by atoms with van der Waals surface area (Å²) in [5.41, 5.74) is 4.72. The summed E-state index contributed by atoms with van der Waals surface area (Å²) < 4.78 is 6.96. The highest BCUT2D eigenvalue weighted by molar-refractivity contribution is 7.19. The fraction of sp³-hybridized carbons (Fsp3) is 0.259. The number of hydrogen-bond acceptors (Lipinski definition) is 6. The van der Waals surface area contributed by atoms with Crippen molar-refractivity contribution in [2.24, 2.45) is 0 Å². The Labute approximate surface area is 206 Å². The van der Waals surface area contributed by atoms with E-state index in [1.54, 1.807) is 32.0 Å². The van der Waals surface area contributed by atoms with Crippen LogP contribution in [0.2, 0.25) is 0 Å². The maximum absolute atomic E-state index is 13.7. The molecule has 2 aromatic carbocycles. The minimum absolute atomic E-state index is 0.253. The van der Waals surface area contributed by atoms with E-state index < -0.39 is 12.1 Å². The van der Waals surface area contributed by atoms with Crippen molar-refractivity contribution in [2.45, 2.75) is 46.8 Å². The molecule has 0 bridgehead atoms. The van der Waals surface area contributed by atoms with Crippen LogP contribution < -0.4 is 15.6 Å². The topological polar surface area (TPSA) is 90.3 Å². The Bertz CT molecular complexity index is 1580. The fourth-order valence-electron chi connectivity index (χ4n) is 4.37. The summed E-state index contributed by atoms with van der Waals surface area (Å²) in [4.78, 5) is 45.2. The Morgan fingerprint density at radius 1 is 1.11 bits per heavy atom. The first-order valence-corrected chi connectivity index (χ1v) is 12.2. The molecule has 1 amide bonds. The average Bonchev–Trinajstić information content (AvgIpc) is 3.17. The van der Waals surface area contributed by atoms with Gasteiger partial charge in [-0.25, -0.2) is 4.98 Å². The molecule has 0 spiro atoms. The second-order valence-electron chi connectivity index (χ2n) is 8.97. The number of aryl methyl sites for hydroxylation is 3. The number of Topliss-reactive ketones (excluding diaryl/α,β-unsaturated/α-hetero) is 1. The van der Waals surface area contributed by atoms with Crippen LogP contribution in [-0.2, 0) is 4.79 Å². The lowest BCUT2D eigenvalue weighted by atomic mass is 9.99.